The Bertz CT molecular complexity index is 815. The number of aryl methyl sites for hydroxylation is 1. The maximum atomic E-state index is 13.9. The summed E-state index contributed by atoms with van der Waals surface area (Å²) in [6, 6.07) is 7.30. The number of amides is 2. The minimum Gasteiger partial charge on any atom is -0.293 e. The first-order valence-electron chi connectivity index (χ1n) is 6.86. The highest BCUT2D eigenvalue weighted by Gasteiger charge is 2.21. The minimum atomic E-state index is -0.454. The molecule has 0 aliphatic carbocycles. The molecule has 0 fully saturated rings. The fourth-order valence-corrected chi connectivity index (χ4v) is 3.43. The van der Waals surface area contributed by atoms with Crippen molar-refractivity contribution < 1.29 is 9.18 Å². The lowest BCUT2D eigenvalue weighted by Crippen LogP contribution is -2.33. The number of carbonyl (C=O) groups excluding carboxylic acids is 1. The number of urea groups is 1. The number of nitrogens with one attached hydrogen (secondary N) is 1. The van der Waals surface area contributed by atoms with E-state index in [2.05, 4.69) is 26.2 Å². The third kappa shape index (κ3) is 3.68. The van der Waals surface area contributed by atoms with Crippen LogP contribution in [0.25, 0.3) is 5.57 Å². The number of benzene rings is 1. The molecule has 1 aliphatic heterocycles. The molecule has 0 radical (unpaired) electrons. The van der Waals surface area contributed by atoms with Crippen molar-refractivity contribution in [1.29, 1.82) is 0 Å². The van der Waals surface area contributed by atoms with Crippen LogP contribution in [0.3, 0.4) is 0 Å². The molecular weight excluding hydrogens is 381 g/mol. The van der Waals surface area contributed by atoms with E-state index in [9.17, 15) is 9.18 Å². The molecule has 2 aromatic rings. The molecule has 0 bridgehead atoms. The zero-order valence-electron chi connectivity index (χ0n) is 12.2. The molecule has 3 rings (SSSR count). The van der Waals surface area contributed by atoms with Gasteiger partial charge in [-0.15, -0.1) is 0 Å². The Labute approximate surface area is 145 Å². The quantitative estimate of drug-likeness (QED) is 0.783. The molecule has 4 nitrogen and oxygen atoms in total. The monoisotopic (exact) mass is 393 g/mol. The van der Waals surface area contributed by atoms with E-state index in [1.807, 2.05) is 31.2 Å². The van der Waals surface area contributed by atoms with Gasteiger partial charge in [0.05, 0.1) is 16.5 Å². The summed E-state index contributed by atoms with van der Waals surface area (Å²) < 4.78 is 14.8. The number of hydrogen-bond acceptors (Lipinski definition) is 3. The van der Waals surface area contributed by atoms with Crippen LogP contribution in [0, 0.1) is 6.92 Å². The van der Waals surface area contributed by atoms with Gasteiger partial charge in [0.2, 0.25) is 0 Å². The molecule has 2 heterocycles. The van der Waals surface area contributed by atoms with Gasteiger partial charge in [-0.05, 0) is 45.6 Å². The first kappa shape index (κ1) is 15.9. The van der Waals surface area contributed by atoms with E-state index in [1.165, 1.54) is 28.5 Å². The summed E-state index contributed by atoms with van der Waals surface area (Å²) in [5.74, 6) is -0.454. The largest absolute Gasteiger partial charge is 0.328 e. The fourth-order valence-electron chi connectivity index (χ4n) is 2.33. The number of rotatable bonds is 2. The van der Waals surface area contributed by atoms with Crippen molar-refractivity contribution >= 4 is 44.0 Å². The number of hydrogen-bond donors (Lipinski definition) is 1. The highest BCUT2D eigenvalue weighted by atomic mass is 79.9. The van der Waals surface area contributed by atoms with Gasteiger partial charge in [-0.2, -0.15) is 0 Å². The Morgan fingerprint density at radius 1 is 1.43 bits per heavy atom. The lowest BCUT2D eigenvalue weighted by atomic mass is 9.98. The predicted molar refractivity (Wildman–Crippen MR) is 93.9 cm³/mol. The van der Waals surface area contributed by atoms with Gasteiger partial charge in [0.15, 0.2) is 5.13 Å². The molecule has 23 heavy (non-hydrogen) atoms. The van der Waals surface area contributed by atoms with Crippen LogP contribution < -0.4 is 5.32 Å². The van der Waals surface area contributed by atoms with Crippen molar-refractivity contribution in [3.63, 3.8) is 0 Å². The van der Waals surface area contributed by atoms with E-state index in [0.29, 0.717) is 11.7 Å². The molecule has 1 N–H and O–H groups in total. The highest BCUT2D eigenvalue weighted by molar-refractivity contribution is 9.11. The van der Waals surface area contributed by atoms with Crippen LogP contribution in [-0.4, -0.2) is 22.5 Å². The van der Waals surface area contributed by atoms with Crippen LogP contribution in [-0.2, 0) is 0 Å². The van der Waals surface area contributed by atoms with Crippen LogP contribution in [0.5, 0.6) is 0 Å². The molecule has 1 aromatic heterocycles. The van der Waals surface area contributed by atoms with Gasteiger partial charge in [0.1, 0.15) is 5.83 Å². The maximum Gasteiger partial charge on any atom is 0.328 e. The lowest BCUT2D eigenvalue weighted by Gasteiger charge is -2.24. The summed E-state index contributed by atoms with van der Waals surface area (Å²) in [6.07, 6.45) is 4.26. The van der Waals surface area contributed by atoms with E-state index in [-0.39, 0.29) is 0 Å². The highest BCUT2D eigenvalue weighted by Crippen LogP contribution is 2.27. The summed E-state index contributed by atoms with van der Waals surface area (Å²) in [6.45, 7) is 2.26. The van der Waals surface area contributed by atoms with Gasteiger partial charge in [0, 0.05) is 6.20 Å². The van der Waals surface area contributed by atoms with Gasteiger partial charge in [0.25, 0.3) is 0 Å². The molecule has 1 aliphatic rings. The van der Waals surface area contributed by atoms with E-state index in [0.717, 1.165) is 20.5 Å². The van der Waals surface area contributed by atoms with E-state index >= 15 is 0 Å². The van der Waals surface area contributed by atoms with Crippen molar-refractivity contribution in [2.75, 3.05) is 11.9 Å². The van der Waals surface area contributed by atoms with Gasteiger partial charge < -0.3 is 0 Å². The molecule has 0 unspecified atom stereocenters. The van der Waals surface area contributed by atoms with Crippen LogP contribution in [0.1, 0.15) is 11.1 Å². The van der Waals surface area contributed by atoms with Crippen LogP contribution in [0.4, 0.5) is 14.3 Å². The number of carbonyl (C=O) groups is 1. The molecule has 1 aromatic carbocycles. The molecule has 2 amide bonds. The molecule has 0 saturated heterocycles. The third-order valence-electron chi connectivity index (χ3n) is 3.38. The molecule has 7 heteroatoms. The summed E-state index contributed by atoms with van der Waals surface area (Å²) in [4.78, 5) is 17.7. The number of halogens is 2. The zero-order chi connectivity index (χ0) is 16.4. The number of allylic oxidation sites excluding steroid dienone is 2. The average Bonchev–Trinajstić information content (AvgIpc) is 2.92. The average molecular weight is 394 g/mol. The third-order valence-corrected chi connectivity index (χ3v) is 4.77. The smallest absolute Gasteiger partial charge is 0.293 e. The topological polar surface area (TPSA) is 45.2 Å². The molecule has 0 saturated carbocycles. The Morgan fingerprint density at radius 3 is 2.91 bits per heavy atom. The number of thiazole rings is 1. The number of nitrogens with zero attached hydrogens (tertiary/aromatic N) is 2. The van der Waals surface area contributed by atoms with E-state index < -0.39 is 11.9 Å². The van der Waals surface area contributed by atoms with Gasteiger partial charge >= 0.3 is 6.03 Å². The van der Waals surface area contributed by atoms with Crippen LogP contribution in [0.15, 0.2) is 52.4 Å². The first-order chi connectivity index (χ1) is 11.0. The standard InChI is InChI=1S/C16H13BrFN3OS/c1-10-4-2-3-5-13(10)11-6-12(18)9-21(8-11)16(22)20-15-19-7-14(17)23-15/h2-7,9H,8H2,1H3,(H,19,20,22). The predicted octanol–water partition coefficient (Wildman–Crippen LogP) is 4.96. The molecule has 0 atom stereocenters. The molecule has 118 valence electrons. The van der Waals surface area contributed by atoms with Gasteiger partial charge in [-0.3, -0.25) is 10.2 Å². The Morgan fingerprint density at radius 2 is 2.22 bits per heavy atom. The lowest BCUT2D eigenvalue weighted by molar-refractivity contribution is 0.231. The summed E-state index contributed by atoms with van der Waals surface area (Å²) >= 11 is 4.58. The second-order valence-corrected chi connectivity index (χ2v) is 7.44. The van der Waals surface area contributed by atoms with E-state index in [4.69, 9.17) is 0 Å². The van der Waals surface area contributed by atoms with Crippen LogP contribution >= 0.6 is 27.3 Å². The summed E-state index contributed by atoms with van der Waals surface area (Å²) in [5.41, 5.74) is 2.74. The zero-order valence-corrected chi connectivity index (χ0v) is 14.6. The molecule has 0 spiro atoms. The SMILES string of the molecule is Cc1ccccc1C1=CC(F)=CN(C(=O)Nc2ncc(Br)s2)C1. The van der Waals surface area contributed by atoms with Crippen molar-refractivity contribution in [2.24, 2.45) is 0 Å². The summed E-state index contributed by atoms with van der Waals surface area (Å²) in [7, 11) is 0. The molecular formula is C16H13BrFN3OS. The minimum absolute atomic E-state index is 0.302. The van der Waals surface area contributed by atoms with Crippen molar-refractivity contribution in [1.82, 2.24) is 9.88 Å². The van der Waals surface area contributed by atoms with Crippen molar-refractivity contribution in [2.45, 2.75) is 6.92 Å². The van der Waals surface area contributed by atoms with Gasteiger partial charge in [-0.1, -0.05) is 35.6 Å². The van der Waals surface area contributed by atoms with E-state index in [1.54, 1.807) is 6.20 Å². The van der Waals surface area contributed by atoms with Crippen molar-refractivity contribution in [3.8, 4) is 0 Å². The second-order valence-electron chi connectivity index (χ2n) is 5.03. The maximum absolute atomic E-state index is 13.9. The van der Waals surface area contributed by atoms with Crippen molar-refractivity contribution in [3.05, 3.63) is 63.5 Å². The Hall–Kier alpha value is -1.99. The number of anilines is 1. The number of aromatic nitrogens is 1. The second kappa shape index (κ2) is 6.64. The normalized spacial score (nSPS) is 14.3. The Balaban J connectivity index is 1.79. The fraction of sp³-hybridized carbons (Fsp3) is 0.125. The first-order valence-corrected chi connectivity index (χ1v) is 8.47. The summed E-state index contributed by atoms with van der Waals surface area (Å²) in [5, 5.41) is 3.13. The Kier molecular flexibility index (Phi) is 4.58. The van der Waals surface area contributed by atoms with Crippen LogP contribution in [0.2, 0.25) is 0 Å². The van der Waals surface area contributed by atoms with Gasteiger partial charge in [-0.25, -0.2) is 14.2 Å².